The van der Waals surface area contributed by atoms with Gasteiger partial charge in [0.05, 0.1) is 16.1 Å². The Morgan fingerprint density at radius 2 is 1.67 bits per heavy atom. The van der Waals surface area contributed by atoms with Gasteiger partial charge in [0.15, 0.2) is 0 Å². The van der Waals surface area contributed by atoms with Crippen molar-refractivity contribution in [1.82, 2.24) is 0 Å². The van der Waals surface area contributed by atoms with E-state index in [-0.39, 0.29) is 20.6 Å². The number of primary amides is 1. The number of carbonyl (C=O) groups excluding carboxylic acids is 1. The molecule has 0 aromatic heterocycles. The van der Waals surface area contributed by atoms with E-state index in [0.717, 1.165) is 5.56 Å². The molecule has 0 spiro atoms. The first kappa shape index (κ1) is 15.0. The number of carbonyl (C=O) groups is 1. The summed E-state index contributed by atoms with van der Waals surface area (Å²) in [6, 6.07) is 11.6. The van der Waals surface area contributed by atoms with Gasteiger partial charge in [0.25, 0.3) is 15.9 Å². The first-order chi connectivity index (χ1) is 9.84. The van der Waals surface area contributed by atoms with E-state index in [1.54, 1.807) is 12.1 Å². The topological polar surface area (TPSA) is 101 Å². The Morgan fingerprint density at radius 1 is 1.10 bits per heavy atom. The summed E-state index contributed by atoms with van der Waals surface area (Å²) in [4.78, 5) is 11.2. The molecule has 0 heterocycles. The predicted octanol–water partition coefficient (Wildman–Crippen LogP) is 1.68. The van der Waals surface area contributed by atoms with Crippen LogP contribution in [0.4, 0.5) is 5.69 Å². The van der Waals surface area contributed by atoms with E-state index in [4.69, 9.17) is 5.73 Å². The van der Waals surface area contributed by atoms with Gasteiger partial charge in [0.2, 0.25) is 0 Å². The van der Waals surface area contributed by atoms with Crippen molar-refractivity contribution in [2.45, 2.75) is 11.8 Å². The normalized spacial score (nSPS) is 11.1. The summed E-state index contributed by atoms with van der Waals surface area (Å²) in [6.45, 7) is 1.81. The summed E-state index contributed by atoms with van der Waals surface area (Å²) >= 11 is 0. The molecule has 0 atom stereocenters. The lowest BCUT2D eigenvalue weighted by Gasteiger charge is -2.19. The van der Waals surface area contributed by atoms with Crippen LogP contribution in [0.5, 0.6) is 0 Å². The fourth-order valence-corrected chi connectivity index (χ4v) is 2.89. The Bertz CT molecular complexity index is 770. The van der Waals surface area contributed by atoms with E-state index in [9.17, 15) is 18.4 Å². The lowest BCUT2D eigenvalue weighted by molar-refractivity contribution is 0.1000. The van der Waals surface area contributed by atoms with E-state index in [1.807, 2.05) is 6.92 Å². The van der Waals surface area contributed by atoms with Gasteiger partial charge in [0.1, 0.15) is 0 Å². The third-order valence-electron chi connectivity index (χ3n) is 2.92. The van der Waals surface area contributed by atoms with Crippen molar-refractivity contribution in [1.29, 1.82) is 0 Å². The molecule has 3 N–H and O–H groups in total. The van der Waals surface area contributed by atoms with Gasteiger partial charge in [-0.05, 0) is 31.2 Å². The number of benzene rings is 2. The van der Waals surface area contributed by atoms with Crippen LogP contribution in [0.3, 0.4) is 0 Å². The number of rotatable bonds is 4. The number of anilines is 1. The third kappa shape index (κ3) is 2.88. The lowest BCUT2D eigenvalue weighted by Crippen LogP contribution is -2.29. The predicted molar refractivity (Wildman–Crippen MR) is 77.6 cm³/mol. The van der Waals surface area contributed by atoms with E-state index in [2.05, 4.69) is 0 Å². The Morgan fingerprint density at radius 3 is 2.24 bits per heavy atom. The van der Waals surface area contributed by atoms with Crippen LogP contribution in [0, 0.1) is 6.92 Å². The highest BCUT2D eigenvalue weighted by molar-refractivity contribution is 7.92. The molecule has 0 unspecified atom stereocenters. The molecule has 2 aromatic carbocycles. The minimum absolute atomic E-state index is 0.0672. The molecule has 0 aliphatic heterocycles. The molecule has 0 bridgehead atoms. The van der Waals surface area contributed by atoms with Crippen LogP contribution < -0.4 is 10.2 Å². The average Bonchev–Trinajstić information content (AvgIpc) is 2.46. The van der Waals surface area contributed by atoms with Gasteiger partial charge in [-0.2, -0.15) is 8.42 Å². The zero-order valence-corrected chi connectivity index (χ0v) is 12.0. The minimum Gasteiger partial charge on any atom is -0.366 e. The van der Waals surface area contributed by atoms with Crippen molar-refractivity contribution in [2.24, 2.45) is 5.73 Å². The van der Waals surface area contributed by atoms with E-state index in [1.165, 1.54) is 36.4 Å². The number of hydrogen-bond acceptors (Lipinski definition) is 4. The van der Waals surface area contributed by atoms with Crippen LogP contribution in [-0.4, -0.2) is 19.5 Å². The Labute approximate surface area is 122 Å². The second-order valence-corrected chi connectivity index (χ2v) is 6.21. The van der Waals surface area contributed by atoms with Crippen molar-refractivity contribution in [3.63, 3.8) is 0 Å². The zero-order chi connectivity index (χ0) is 15.6. The number of amides is 1. The van der Waals surface area contributed by atoms with Gasteiger partial charge in [-0.25, -0.2) is 0 Å². The average molecular weight is 306 g/mol. The van der Waals surface area contributed by atoms with Crippen LogP contribution in [0.25, 0.3) is 0 Å². The number of aryl methyl sites for hydroxylation is 1. The molecule has 2 aromatic rings. The molecule has 0 aliphatic carbocycles. The standard InChI is InChI=1S/C14H14N2O4S/c1-10-6-8-11(9-7-10)21(19,20)16(18)13-5-3-2-4-12(13)14(15)17/h2-9,18H,1H3,(H2,15,17). The van der Waals surface area contributed by atoms with Crippen molar-refractivity contribution in [3.8, 4) is 0 Å². The lowest BCUT2D eigenvalue weighted by atomic mass is 10.2. The smallest absolute Gasteiger partial charge is 0.286 e. The quantitative estimate of drug-likeness (QED) is 0.839. The monoisotopic (exact) mass is 306 g/mol. The number of nitrogens with two attached hydrogens (primary N) is 1. The van der Waals surface area contributed by atoms with Crippen LogP contribution in [-0.2, 0) is 10.0 Å². The van der Waals surface area contributed by atoms with E-state index < -0.39 is 15.9 Å². The molecule has 7 heteroatoms. The molecule has 0 radical (unpaired) electrons. The molecule has 0 saturated carbocycles. The molecule has 21 heavy (non-hydrogen) atoms. The highest BCUT2D eigenvalue weighted by Crippen LogP contribution is 2.25. The molecule has 0 saturated heterocycles. The van der Waals surface area contributed by atoms with E-state index in [0.29, 0.717) is 0 Å². The molecule has 6 nitrogen and oxygen atoms in total. The van der Waals surface area contributed by atoms with Crippen molar-refractivity contribution in [3.05, 3.63) is 59.7 Å². The summed E-state index contributed by atoms with van der Waals surface area (Å²) in [5, 5.41) is 10.0. The Balaban J connectivity index is 2.51. The Hall–Kier alpha value is -2.38. The molecule has 110 valence electrons. The summed E-state index contributed by atoms with van der Waals surface area (Å²) in [7, 11) is -4.18. The second-order valence-electron chi connectivity index (χ2n) is 4.44. The van der Waals surface area contributed by atoms with Gasteiger partial charge in [-0.15, -0.1) is 4.47 Å². The molecule has 0 fully saturated rings. The van der Waals surface area contributed by atoms with Crippen molar-refractivity contribution < 1.29 is 18.4 Å². The van der Waals surface area contributed by atoms with Crippen molar-refractivity contribution >= 4 is 21.6 Å². The maximum Gasteiger partial charge on any atom is 0.286 e. The fraction of sp³-hybridized carbons (Fsp3) is 0.0714. The number of para-hydroxylation sites is 1. The molecule has 0 aliphatic rings. The second kappa shape index (κ2) is 5.55. The van der Waals surface area contributed by atoms with Crippen LogP contribution in [0.1, 0.15) is 15.9 Å². The Kier molecular flexibility index (Phi) is 3.97. The molecule has 2 rings (SSSR count). The zero-order valence-electron chi connectivity index (χ0n) is 11.2. The van der Waals surface area contributed by atoms with Gasteiger partial charge in [-0.1, -0.05) is 29.8 Å². The fourth-order valence-electron chi connectivity index (χ4n) is 1.79. The third-order valence-corrected chi connectivity index (χ3v) is 4.44. The van der Waals surface area contributed by atoms with Crippen LogP contribution in [0.2, 0.25) is 0 Å². The van der Waals surface area contributed by atoms with Gasteiger partial charge in [-0.3, -0.25) is 10.0 Å². The largest absolute Gasteiger partial charge is 0.366 e. The summed E-state index contributed by atoms with van der Waals surface area (Å²) in [6.07, 6.45) is 0. The summed E-state index contributed by atoms with van der Waals surface area (Å²) in [5.41, 5.74) is 5.79. The summed E-state index contributed by atoms with van der Waals surface area (Å²) in [5.74, 6) is -0.830. The molecular weight excluding hydrogens is 292 g/mol. The number of hydrogen-bond donors (Lipinski definition) is 2. The number of nitrogens with zero attached hydrogens (tertiary/aromatic N) is 1. The SMILES string of the molecule is Cc1ccc(S(=O)(=O)N(O)c2ccccc2C(N)=O)cc1. The molecule has 1 amide bonds. The minimum atomic E-state index is -4.18. The number of sulfonamides is 1. The van der Waals surface area contributed by atoms with Gasteiger partial charge >= 0.3 is 0 Å². The van der Waals surface area contributed by atoms with E-state index >= 15 is 0 Å². The highest BCUT2D eigenvalue weighted by Gasteiger charge is 2.26. The molecular formula is C14H14N2O4S. The van der Waals surface area contributed by atoms with Crippen molar-refractivity contribution in [2.75, 3.05) is 4.47 Å². The first-order valence-electron chi connectivity index (χ1n) is 6.04. The highest BCUT2D eigenvalue weighted by atomic mass is 32.2. The van der Waals surface area contributed by atoms with Gasteiger partial charge in [0, 0.05) is 0 Å². The first-order valence-corrected chi connectivity index (χ1v) is 7.48. The summed E-state index contributed by atoms with van der Waals surface area (Å²) < 4.78 is 24.8. The van der Waals surface area contributed by atoms with Crippen LogP contribution >= 0.6 is 0 Å². The van der Waals surface area contributed by atoms with Crippen LogP contribution in [0.15, 0.2) is 53.4 Å². The maximum absolute atomic E-state index is 12.3. The maximum atomic E-state index is 12.3. The van der Waals surface area contributed by atoms with Gasteiger partial charge < -0.3 is 5.73 Å².